The summed E-state index contributed by atoms with van der Waals surface area (Å²) in [4.78, 5) is 26.8. The van der Waals surface area contributed by atoms with Crippen molar-refractivity contribution in [2.45, 2.75) is 141 Å². The first-order valence-corrected chi connectivity index (χ1v) is 17.5. The highest BCUT2D eigenvalue weighted by Crippen LogP contribution is 2.35. The summed E-state index contributed by atoms with van der Waals surface area (Å²) in [6.07, 6.45) is -17.7. The van der Waals surface area contributed by atoms with Crippen LogP contribution in [-0.4, -0.2) is 196 Å². The lowest BCUT2D eigenvalue weighted by molar-refractivity contribution is -0.289. The molecule has 19 N–H and O–H groups in total. The van der Waals surface area contributed by atoms with Crippen molar-refractivity contribution in [3.8, 4) is 0 Å². The highest BCUT2D eigenvalue weighted by Gasteiger charge is 2.55. The van der Waals surface area contributed by atoms with Crippen LogP contribution in [0.2, 0.25) is 0 Å². The van der Waals surface area contributed by atoms with E-state index in [1.807, 2.05) is 0 Å². The first-order valence-electron chi connectivity index (χ1n) is 17.5. The summed E-state index contributed by atoms with van der Waals surface area (Å²) >= 11 is 0. The van der Waals surface area contributed by atoms with Crippen molar-refractivity contribution in [3.05, 3.63) is 0 Å². The predicted molar refractivity (Wildman–Crippen MR) is 173 cm³/mol. The van der Waals surface area contributed by atoms with Crippen LogP contribution in [0.1, 0.15) is 25.7 Å². The van der Waals surface area contributed by atoms with Crippen LogP contribution < -0.4 is 39.3 Å². The summed E-state index contributed by atoms with van der Waals surface area (Å²) in [5, 5.41) is 78.3. The Balaban J connectivity index is 1.35. The highest BCUT2D eigenvalue weighted by atomic mass is 16.8. The van der Waals surface area contributed by atoms with Gasteiger partial charge in [0.2, 0.25) is 12.1 Å². The quantitative estimate of drug-likeness (QED) is 0.0732. The Morgan fingerprint density at radius 3 is 2.17 bits per heavy atom. The third-order valence-corrected chi connectivity index (χ3v) is 10.4. The molecule has 2 saturated carbocycles. The molecule has 5 fully saturated rings. The second kappa shape index (κ2) is 17.5. The monoisotopic (exact) mass is 753 g/mol. The Kier molecular flexibility index (Phi) is 13.9. The van der Waals surface area contributed by atoms with Crippen molar-refractivity contribution >= 4 is 11.7 Å². The number of rotatable bonds is 14. The number of nitrogens with one attached hydrogen (secondary N) is 2. The van der Waals surface area contributed by atoms with Gasteiger partial charge in [-0.05, 0) is 12.8 Å². The molecule has 300 valence electrons. The van der Waals surface area contributed by atoms with Gasteiger partial charge in [0.05, 0.1) is 43.5 Å². The predicted octanol–water partition coefficient (Wildman–Crippen LogP) is -9.03. The number of carbonyl (C=O) groups excluding carboxylic acids is 2. The third-order valence-electron chi connectivity index (χ3n) is 10.4. The molecule has 5 rings (SSSR count). The fourth-order valence-electron chi connectivity index (χ4n) is 7.28. The zero-order valence-corrected chi connectivity index (χ0v) is 28.5. The lowest BCUT2D eigenvalue weighted by Gasteiger charge is -2.48. The van der Waals surface area contributed by atoms with Gasteiger partial charge in [0.25, 0.3) is 5.91 Å². The molecule has 22 nitrogen and oxygen atoms in total. The van der Waals surface area contributed by atoms with E-state index in [2.05, 4.69) is 10.6 Å². The number of hydrogen-bond acceptors (Lipinski definition) is 21. The van der Waals surface area contributed by atoms with Gasteiger partial charge in [-0.3, -0.25) is 9.59 Å². The number of aliphatic hydroxyl groups is 7. The maximum absolute atomic E-state index is 13.8. The minimum absolute atomic E-state index is 0.00118. The Morgan fingerprint density at radius 2 is 1.54 bits per heavy atom. The highest BCUT2D eigenvalue weighted by molar-refractivity contribution is 5.89. The zero-order valence-electron chi connectivity index (χ0n) is 28.5. The van der Waals surface area contributed by atoms with Gasteiger partial charge < -0.3 is 103 Å². The average Bonchev–Trinajstić information content (AvgIpc) is 3.39. The maximum Gasteiger partial charge on any atom is 0.252 e. The molecular weight excluding hydrogens is 698 g/mol. The third kappa shape index (κ3) is 8.75. The number of aliphatic hydroxyl groups excluding tert-OH is 6. The Labute approximate surface area is 299 Å². The van der Waals surface area contributed by atoms with Gasteiger partial charge in [0, 0.05) is 44.6 Å². The molecule has 22 heteroatoms. The van der Waals surface area contributed by atoms with Gasteiger partial charge in [-0.2, -0.15) is 0 Å². The first kappa shape index (κ1) is 41.5. The molecule has 0 spiro atoms. The number of nitrogens with two attached hydrogens (primary N) is 5. The van der Waals surface area contributed by atoms with Crippen LogP contribution in [-0.2, 0) is 38.0 Å². The summed E-state index contributed by atoms with van der Waals surface area (Å²) in [6.45, 7) is -0.750. The van der Waals surface area contributed by atoms with Crippen LogP contribution >= 0.6 is 0 Å². The number of carbonyl (C=O) groups is 2. The molecule has 17 atom stereocenters. The van der Waals surface area contributed by atoms with Crippen molar-refractivity contribution in [2.24, 2.45) is 28.7 Å². The van der Waals surface area contributed by atoms with Crippen LogP contribution in [0.4, 0.5) is 0 Å². The van der Waals surface area contributed by atoms with Gasteiger partial charge in [0.15, 0.2) is 18.7 Å². The fraction of sp³-hybridized carbons (Fsp3) is 0.933. The van der Waals surface area contributed by atoms with Crippen molar-refractivity contribution in [1.82, 2.24) is 10.6 Å². The number of ether oxygens (including phenoxy) is 6. The summed E-state index contributed by atoms with van der Waals surface area (Å²) in [7, 11) is 0. The zero-order chi connectivity index (χ0) is 38.1. The Bertz CT molecular complexity index is 1210. The van der Waals surface area contributed by atoms with Gasteiger partial charge in [0.1, 0.15) is 48.3 Å². The molecule has 0 aromatic carbocycles. The van der Waals surface area contributed by atoms with E-state index >= 15 is 0 Å². The number of amides is 1. The van der Waals surface area contributed by atoms with E-state index in [0.717, 1.165) is 0 Å². The van der Waals surface area contributed by atoms with Crippen molar-refractivity contribution < 1.29 is 73.8 Å². The molecule has 0 aromatic rings. The van der Waals surface area contributed by atoms with Crippen LogP contribution in [0.5, 0.6) is 0 Å². The normalized spacial score (nSPS) is 48.3. The van der Waals surface area contributed by atoms with Gasteiger partial charge >= 0.3 is 0 Å². The summed E-state index contributed by atoms with van der Waals surface area (Å²) in [5.74, 6) is -1.67. The maximum atomic E-state index is 13.8. The van der Waals surface area contributed by atoms with Crippen molar-refractivity contribution in [2.75, 3.05) is 32.8 Å². The molecule has 3 heterocycles. The largest absolute Gasteiger partial charge is 0.395 e. The Morgan fingerprint density at radius 1 is 0.846 bits per heavy atom. The molecule has 52 heavy (non-hydrogen) atoms. The summed E-state index contributed by atoms with van der Waals surface area (Å²) < 4.78 is 35.3. The second-order valence-electron chi connectivity index (χ2n) is 14.3. The van der Waals surface area contributed by atoms with Gasteiger partial charge in [-0.15, -0.1) is 0 Å². The molecule has 3 aliphatic heterocycles. The molecule has 2 aliphatic carbocycles. The van der Waals surface area contributed by atoms with E-state index < -0.39 is 128 Å². The summed E-state index contributed by atoms with van der Waals surface area (Å²) in [5.41, 5.74) is 28.5. The molecular formula is C30H55N7O15. The van der Waals surface area contributed by atoms with E-state index in [0.29, 0.717) is 0 Å². The van der Waals surface area contributed by atoms with Gasteiger partial charge in [-0.25, -0.2) is 0 Å². The minimum atomic E-state index is -1.82. The van der Waals surface area contributed by atoms with E-state index in [4.69, 9.17) is 62.2 Å². The van der Waals surface area contributed by atoms with E-state index in [1.165, 1.54) is 0 Å². The SMILES string of the molecule is NC[C@@H]1O[C@H](O[C@H]2C(=O)[C@H](O[C@@H]3[C@@H](O)[C@H](NC(=O)[C@]4(O)C[C@H](N)C4)C[C@H](N)[C@H]3O[C@H]3O[C@H](CNCCO)[C@@H](O)C[C@H]3N)O[C@@H]2CO)[C@H](N)[C@@H](O)[C@@H]1O. The van der Waals surface area contributed by atoms with E-state index in [9.17, 15) is 40.2 Å². The van der Waals surface area contributed by atoms with E-state index in [1.54, 1.807) is 0 Å². The molecule has 0 aromatic heterocycles. The lowest BCUT2D eigenvalue weighted by atomic mass is 9.75. The minimum Gasteiger partial charge on any atom is -0.395 e. The van der Waals surface area contributed by atoms with Gasteiger partial charge in [-0.1, -0.05) is 0 Å². The number of Topliss-reactive ketones (excluding diaryl/α,β-unsaturated/α-hetero) is 1. The van der Waals surface area contributed by atoms with E-state index in [-0.39, 0.29) is 58.0 Å². The smallest absolute Gasteiger partial charge is 0.252 e. The van der Waals surface area contributed by atoms with Crippen molar-refractivity contribution in [1.29, 1.82) is 0 Å². The fourth-order valence-corrected chi connectivity index (χ4v) is 7.28. The molecule has 5 aliphatic rings. The first-order chi connectivity index (χ1) is 24.6. The van der Waals surface area contributed by atoms with Crippen LogP contribution in [0, 0.1) is 0 Å². The Hall–Kier alpha value is -1.62. The topological polar surface area (TPSA) is 385 Å². The molecule has 0 radical (unpaired) electrons. The standard InChI is InChI=1S/C30H55N7O15/c31-7-15-20(42)21(43)18(35)27(47-15)51-24-17(9-39)49-28(22(24)44)52-25-19(41)13(37-29(45)30(46)5-10(32)6-30)3-11(33)23(25)50-26-12(34)4-14(40)16(48-26)8-36-1-2-38/h10-21,23-28,36,38-43,46H,1-9,31-35H2,(H,37,45)/t10-,11-,12+,13+,14-,15-,16+,17+,18+,19-,20+,21+,23+,24+,25+,26+,27+,28-,30-/m0/s1. The van der Waals surface area contributed by atoms with Crippen LogP contribution in [0.15, 0.2) is 0 Å². The molecule has 1 amide bonds. The number of hydrogen-bond donors (Lipinski definition) is 14. The summed E-state index contributed by atoms with van der Waals surface area (Å²) in [6, 6.07) is -4.73. The van der Waals surface area contributed by atoms with Crippen LogP contribution in [0.25, 0.3) is 0 Å². The second-order valence-corrected chi connectivity index (χ2v) is 14.3. The molecule has 0 bridgehead atoms. The number of ketones is 1. The molecule has 0 unspecified atom stereocenters. The average molecular weight is 754 g/mol. The lowest BCUT2D eigenvalue weighted by Crippen LogP contribution is -2.69. The molecule has 3 saturated heterocycles. The van der Waals surface area contributed by atoms with Crippen molar-refractivity contribution in [3.63, 3.8) is 0 Å². The van der Waals surface area contributed by atoms with Crippen LogP contribution in [0.3, 0.4) is 0 Å².